The number of ether oxygens (including phenoxy) is 1. The number of carbonyl (C=O) groups is 2. The van der Waals surface area contributed by atoms with E-state index in [4.69, 9.17) is 0 Å². The standard InChI is InChI=1S/C13H21N3O3S/c1-4-7-14-12(18)9(2)15-13-16-10(8-20-13)5-6-11(17)19-3/h8-9H,4-7H2,1-3H3,(H,14,18)(H,15,16). The number of methoxy groups -OCH3 is 1. The van der Waals surface area contributed by atoms with Crippen molar-refractivity contribution in [1.29, 1.82) is 0 Å². The molecule has 0 aliphatic carbocycles. The first-order chi connectivity index (χ1) is 9.56. The molecule has 1 heterocycles. The Morgan fingerprint density at radius 2 is 2.25 bits per heavy atom. The van der Waals surface area contributed by atoms with Gasteiger partial charge in [0, 0.05) is 18.3 Å². The molecule has 1 aromatic heterocycles. The first kappa shape index (κ1) is 16.4. The normalized spacial score (nSPS) is 11.8. The zero-order chi connectivity index (χ0) is 15.0. The van der Waals surface area contributed by atoms with Crippen molar-refractivity contribution < 1.29 is 14.3 Å². The van der Waals surface area contributed by atoms with Gasteiger partial charge in [-0.25, -0.2) is 4.98 Å². The summed E-state index contributed by atoms with van der Waals surface area (Å²) >= 11 is 1.42. The minimum atomic E-state index is -0.332. The van der Waals surface area contributed by atoms with Crippen LogP contribution in [0.5, 0.6) is 0 Å². The molecule has 20 heavy (non-hydrogen) atoms. The highest BCUT2D eigenvalue weighted by Crippen LogP contribution is 2.17. The molecule has 7 heteroatoms. The Morgan fingerprint density at radius 1 is 1.50 bits per heavy atom. The number of aromatic nitrogens is 1. The molecule has 0 fully saturated rings. The molecule has 1 unspecified atom stereocenters. The predicted molar refractivity (Wildman–Crippen MR) is 78.8 cm³/mol. The number of aryl methyl sites for hydroxylation is 1. The van der Waals surface area contributed by atoms with Gasteiger partial charge in [-0.05, 0) is 13.3 Å². The van der Waals surface area contributed by atoms with Crippen molar-refractivity contribution >= 4 is 28.3 Å². The van der Waals surface area contributed by atoms with Crippen molar-refractivity contribution in [2.75, 3.05) is 19.0 Å². The van der Waals surface area contributed by atoms with Gasteiger partial charge in [0.05, 0.1) is 19.2 Å². The van der Waals surface area contributed by atoms with Crippen molar-refractivity contribution in [1.82, 2.24) is 10.3 Å². The average molecular weight is 299 g/mol. The Kier molecular flexibility index (Phi) is 7.00. The SMILES string of the molecule is CCCNC(=O)C(C)Nc1nc(CCC(=O)OC)cs1. The van der Waals surface area contributed by atoms with Crippen LogP contribution in [0.1, 0.15) is 32.4 Å². The fourth-order valence-electron chi connectivity index (χ4n) is 1.47. The largest absolute Gasteiger partial charge is 0.469 e. The van der Waals surface area contributed by atoms with E-state index < -0.39 is 0 Å². The number of esters is 1. The molecule has 0 radical (unpaired) electrons. The summed E-state index contributed by atoms with van der Waals surface area (Å²) in [7, 11) is 1.37. The van der Waals surface area contributed by atoms with Gasteiger partial charge < -0.3 is 15.4 Å². The smallest absolute Gasteiger partial charge is 0.305 e. The zero-order valence-corrected chi connectivity index (χ0v) is 12.9. The minimum Gasteiger partial charge on any atom is -0.469 e. The molecule has 6 nitrogen and oxygen atoms in total. The van der Waals surface area contributed by atoms with Crippen LogP contribution in [0.2, 0.25) is 0 Å². The van der Waals surface area contributed by atoms with Gasteiger partial charge in [0.1, 0.15) is 6.04 Å². The van der Waals surface area contributed by atoms with Gasteiger partial charge in [-0.15, -0.1) is 11.3 Å². The number of anilines is 1. The third kappa shape index (κ3) is 5.56. The van der Waals surface area contributed by atoms with Gasteiger partial charge in [-0.2, -0.15) is 0 Å². The molecule has 0 bridgehead atoms. The maximum Gasteiger partial charge on any atom is 0.305 e. The summed E-state index contributed by atoms with van der Waals surface area (Å²) in [6.07, 6.45) is 1.76. The van der Waals surface area contributed by atoms with E-state index in [0.717, 1.165) is 12.1 Å². The van der Waals surface area contributed by atoms with Crippen LogP contribution in [-0.2, 0) is 20.7 Å². The lowest BCUT2D eigenvalue weighted by Gasteiger charge is -2.12. The van der Waals surface area contributed by atoms with Gasteiger partial charge in [0.2, 0.25) is 5.91 Å². The zero-order valence-electron chi connectivity index (χ0n) is 12.1. The third-order valence-electron chi connectivity index (χ3n) is 2.65. The molecule has 0 saturated heterocycles. The topological polar surface area (TPSA) is 80.3 Å². The Labute approximate surface area is 122 Å². The summed E-state index contributed by atoms with van der Waals surface area (Å²) in [5.74, 6) is -0.294. The Bertz CT molecular complexity index is 448. The number of thiazole rings is 1. The number of nitrogens with one attached hydrogen (secondary N) is 2. The molecule has 0 aromatic carbocycles. The summed E-state index contributed by atoms with van der Waals surface area (Å²) in [5, 5.41) is 8.43. The monoisotopic (exact) mass is 299 g/mol. The van der Waals surface area contributed by atoms with Crippen molar-refractivity contribution in [3.05, 3.63) is 11.1 Å². The number of nitrogens with zero attached hydrogens (tertiary/aromatic N) is 1. The van der Waals surface area contributed by atoms with Crippen molar-refractivity contribution in [2.24, 2.45) is 0 Å². The lowest BCUT2D eigenvalue weighted by atomic mass is 10.2. The molecule has 1 aromatic rings. The fourth-order valence-corrected chi connectivity index (χ4v) is 2.31. The van der Waals surface area contributed by atoms with E-state index in [2.05, 4.69) is 20.4 Å². The van der Waals surface area contributed by atoms with Crippen molar-refractivity contribution in [2.45, 2.75) is 39.2 Å². The summed E-state index contributed by atoms with van der Waals surface area (Å²) in [6, 6.07) is -0.332. The van der Waals surface area contributed by atoms with E-state index >= 15 is 0 Å². The molecule has 1 rings (SSSR count). The molecule has 0 aliphatic heterocycles. The summed E-state index contributed by atoms with van der Waals surface area (Å²) in [6.45, 7) is 4.47. The number of amides is 1. The van der Waals surface area contributed by atoms with Crippen LogP contribution < -0.4 is 10.6 Å². The fraction of sp³-hybridized carbons (Fsp3) is 0.615. The number of hydrogen-bond acceptors (Lipinski definition) is 6. The van der Waals surface area contributed by atoms with Crippen LogP contribution in [0.4, 0.5) is 5.13 Å². The maximum atomic E-state index is 11.7. The van der Waals surface area contributed by atoms with E-state index in [1.165, 1.54) is 18.4 Å². The number of rotatable bonds is 8. The van der Waals surface area contributed by atoms with Crippen LogP contribution in [0.3, 0.4) is 0 Å². The molecule has 0 saturated carbocycles. The van der Waals surface area contributed by atoms with Gasteiger partial charge in [-0.1, -0.05) is 6.92 Å². The third-order valence-corrected chi connectivity index (χ3v) is 3.47. The van der Waals surface area contributed by atoms with Gasteiger partial charge in [0.15, 0.2) is 5.13 Å². The Balaban J connectivity index is 2.43. The lowest BCUT2D eigenvalue weighted by molar-refractivity contribution is -0.140. The molecular weight excluding hydrogens is 278 g/mol. The Morgan fingerprint density at radius 3 is 2.90 bits per heavy atom. The predicted octanol–water partition coefficient (Wildman–Crippen LogP) is 1.58. The lowest BCUT2D eigenvalue weighted by Crippen LogP contribution is -2.37. The van der Waals surface area contributed by atoms with Crippen LogP contribution in [0.15, 0.2) is 5.38 Å². The number of carbonyl (C=O) groups excluding carboxylic acids is 2. The second-order valence-electron chi connectivity index (χ2n) is 4.38. The summed E-state index contributed by atoms with van der Waals surface area (Å²) in [4.78, 5) is 27.1. The Hall–Kier alpha value is -1.63. The summed E-state index contributed by atoms with van der Waals surface area (Å²) < 4.78 is 4.58. The van der Waals surface area contributed by atoms with E-state index in [1.54, 1.807) is 6.92 Å². The molecule has 0 spiro atoms. The van der Waals surface area contributed by atoms with Gasteiger partial charge in [-0.3, -0.25) is 9.59 Å². The van der Waals surface area contributed by atoms with Crippen LogP contribution >= 0.6 is 11.3 Å². The molecule has 1 amide bonds. The number of hydrogen-bond donors (Lipinski definition) is 2. The van der Waals surface area contributed by atoms with Crippen molar-refractivity contribution in [3.8, 4) is 0 Å². The molecule has 1 atom stereocenters. The van der Waals surface area contributed by atoms with Crippen molar-refractivity contribution in [3.63, 3.8) is 0 Å². The van der Waals surface area contributed by atoms with Crippen LogP contribution in [0.25, 0.3) is 0 Å². The highest BCUT2D eigenvalue weighted by atomic mass is 32.1. The molecule has 0 aliphatic rings. The second kappa shape index (κ2) is 8.52. The highest BCUT2D eigenvalue weighted by molar-refractivity contribution is 7.13. The maximum absolute atomic E-state index is 11.7. The van der Waals surface area contributed by atoms with Crippen LogP contribution in [-0.4, -0.2) is 36.6 Å². The van der Waals surface area contributed by atoms with Crippen LogP contribution in [0, 0.1) is 0 Å². The van der Waals surface area contributed by atoms with E-state index in [-0.39, 0.29) is 17.9 Å². The molecule has 112 valence electrons. The van der Waals surface area contributed by atoms with E-state index in [0.29, 0.717) is 24.5 Å². The second-order valence-corrected chi connectivity index (χ2v) is 5.24. The highest BCUT2D eigenvalue weighted by Gasteiger charge is 2.13. The minimum absolute atomic E-state index is 0.0434. The van der Waals surface area contributed by atoms with E-state index in [1.807, 2.05) is 12.3 Å². The first-order valence-corrected chi connectivity index (χ1v) is 7.50. The van der Waals surface area contributed by atoms with E-state index in [9.17, 15) is 9.59 Å². The molecular formula is C13H21N3O3S. The molecule has 2 N–H and O–H groups in total. The van der Waals surface area contributed by atoms with Gasteiger partial charge >= 0.3 is 5.97 Å². The summed E-state index contributed by atoms with van der Waals surface area (Å²) in [5.41, 5.74) is 0.823. The first-order valence-electron chi connectivity index (χ1n) is 6.62. The average Bonchev–Trinajstić information content (AvgIpc) is 2.89. The quantitative estimate of drug-likeness (QED) is 0.712. The van der Waals surface area contributed by atoms with Gasteiger partial charge in [0.25, 0.3) is 0 Å².